The molecule has 176 valence electrons. The van der Waals surface area contributed by atoms with Crippen molar-refractivity contribution in [2.24, 2.45) is 0 Å². The van der Waals surface area contributed by atoms with E-state index in [4.69, 9.17) is 9.72 Å². The Bertz CT molecular complexity index is 1620. The molecule has 1 aliphatic heterocycles. The van der Waals surface area contributed by atoms with Crippen molar-refractivity contribution in [2.45, 2.75) is 13.0 Å². The molecule has 6 rings (SSSR count). The lowest BCUT2D eigenvalue weighted by Gasteiger charge is -2.28. The molecule has 0 unspecified atom stereocenters. The second-order valence-electron chi connectivity index (χ2n) is 9.01. The van der Waals surface area contributed by atoms with Crippen LogP contribution in [0.25, 0.3) is 32.9 Å². The van der Waals surface area contributed by atoms with Gasteiger partial charge in [-0.3, -0.25) is 4.79 Å². The summed E-state index contributed by atoms with van der Waals surface area (Å²) in [7, 11) is 0. The summed E-state index contributed by atoms with van der Waals surface area (Å²) < 4.78 is 5.56. The maximum absolute atomic E-state index is 13.3. The van der Waals surface area contributed by atoms with Gasteiger partial charge in [-0.05, 0) is 40.5 Å². The van der Waals surface area contributed by atoms with E-state index in [-0.39, 0.29) is 12.5 Å². The SMILES string of the molecule is O=C(OCC(=O)N1CCc2ccccc2C1)c1cc(-c2cccc3ccccc23)nc2ccccc12. The lowest BCUT2D eigenvalue weighted by molar-refractivity contribution is -0.135. The molecule has 1 aliphatic rings. The minimum Gasteiger partial charge on any atom is -0.452 e. The van der Waals surface area contributed by atoms with Crippen molar-refractivity contribution in [3.63, 3.8) is 0 Å². The van der Waals surface area contributed by atoms with Crippen LogP contribution >= 0.6 is 0 Å². The molecule has 0 aliphatic carbocycles. The van der Waals surface area contributed by atoms with E-state index in [0.29, 0.717) is 35.2 Å². The Morgan fingerprint density at radius 1 is 0.806 bits per heavy atom. The molecule has 36 heavy (non-hydrogen) atoms. The van der Waals surface area contributed by atoms with E-state index >= 15 is 0 Å². The van der Waals surface area contributed by atoms with Gasteiger partial charge < -0.3 is 9.64 Å². The van der Waals surface area contributed by atoms with Crippen LogP contribution < -0.4 is 0 Å². The Kier molecular flexibility index (Phi) is 5.66. The molecule has 0 N–H and O–H groups in total. The fourth-order valence-electron chi connectivity index (χ4n) is 4.94. The number of ether oxygens (including phenoxy) is 1. The summed E-state index contributed by atoms with van der Waals surface area (Å²) in [5.74, 6) is -0.716. The van der Waals surface area contributed by atoms with Gasteiger partial charge in [0.05, 0.1) is 16.8 Å². The van der Waals surface area contributed by atoms with Gasteiger partial charge in [-0.25, -0.2) is 9.78 Å². The summed E-state index contributed by atoms with van der Waals surface area (Å²) >= 11 is 0. The van der Waals surface area contributed by atoms with Crippen LogP contribution in [-0.4, -0.2) is 34.9 Å². The van der Waals surface area contributed by atoms with Crippen molar-refractivity contribution in [1.82, 2.24) is 9.88 Å². The monoisotopic (exact) mass is 472 g/mol. The van der Waals surface area contributed by atoms with Crippen LogP contribution in [0.1, 0.15) is 21.5 Å². The molecule has 5 nitrogen and oxygen atoms in total. The van der Waals surface area contributed by atoms with Crippen molar-refractivity contribution in [3.8, 4) is 11.3 Å². The average molecular weight is 473 g/mol. The van der Waals surface area contributed by atoms with Gasteiger partial charge in [0.15, 0.2) is 6.61 Å². The van der Waals surface area contributed by atoms with E-state index in [2.05, 4.69) is 24.3 Å². The van der Waals surface area contributed by atoms with Crippen molar-refractivity contribution < 1.29 is 14.3 Å². The molecule has 4 aromatic carbocycles. The summed E-state index contributed by atoms with van der Waals surface area (Å²) in [6.07, 6.45) is 0.805. The molecule has 0 fully saturated rings. The van der Waals surface area contributed by atoms with Gasteiger partial charge in [-0.15, -0.1) is 0 Å². The quantitative estimate of drug-likeness (QED) is 0.310. The zero-order chi connectivity index (χ0) is 24.5. The van der Waals surface area contributed by atoms with Crippen LogP contribution in [0.2, 0.25) is 0 Å². The third kappa shape index (κ3) is 4.09. The van der Waals surface area contributed by atoms with Gasteiger partial charge in [-0.2, -0.15) is 0 Å². The molecule has 5 aromatic rings. The Hall–Kier alpha value is -4.51. The number of carbonyl (C=O) groups excluding carboxylic acids is 2. The maximum atomic E-state index is 13.3. The zero-order valence-corrected chi connectivity index (χ0v) is 19.7. The van der Waals surface area contributed by atoms with Crippen molar-refractivity contribution in [2.75, 3.05) is 13.2 Å². The molecular weight excluding hydrogens is 448 g/mol. The molecule has 0 radical (unpaired) electrons. The standard InChI is InChI=1S/C31H24N2O3/c34-30(33-17-16-21-8-1-2-10-23(21)19-33)20-36-31(35)27-18-29(32-28-15-6-5-13-26(27)28)25-14-7-11-22-9-3-4-12-24(22)25/h1-15,18H,16-17,19-20H2. The number of para-hydroxylation sites is 1. The topological polar surface area (TPSA) is 59.5 Å². The molecule has 2 heterocycles. The lowest BCUT2D eigenvalue weighted by atomic mass is 9.99. The maximum Gasteiger partial charge on any atom is 0.339 e. The van der Waals surface area contributed by atoms with Crippen LogP contribution in [0.4, 0.5) is 0 Å². The van der Waals surface area contributed by atoms with Gasteiger partial charge in [0.1, 0.15) is 0 Å². The summed E-state index contributed by atoms with van der Waals surface area (Å²) in [4.78, 5) is 32.7. The summed E-state index contributed by atoms with van der Waals surface area (Å²) in [6.45, 7) is 0.869. The number of rotatable bonds is 4. The highest BCUT2D eigenvalue weighted by atomic mass is 16.5. The summed E-state index contributed by atoms with van der Waals surface area (Å²) in [5, 5.41) is 2.86. The Morgan fingerprint density at radius 2 is 1.53 bits per heavy atom. The lowest BCUT2D eigenvalue weighted by Crippen LogP contribution is -2.38. The highest BCUT2D eigenvalue weighted by Gasteiger charge is 2.23. The highest BCUT2D eigenvalue weighted by molar-refractivity contribution is 6.06. The fourth-order valence-corrected chi connectivity index (χ4v) is 4.94. The van der Waals surface area contributed by atoms with Gasteiger partial charge in [0.25, 0.3) is 5.91 Å². The Labute approximate surface area is 209 Å². The van der Waals surface area contributed by atoms with E-state index in [1.54, 1.807) is 11.0 Å². The largest absolute Gasteiger partial charge is 0.452 e. The number of aromatic nitrogens is 1. The van der Waals surface area contributed by atoms with E-state index in [1.165, 1.54) is 5.56 Å². The molecule has 0 bridgehead atoms. The number of nitrogens with zero attached hydrogens (tertiary/aromatic N) is 2. The van der Waals surface area contributed by atoms with E-state index in [0.717, 1.165) is 28.3 Å². The number of pyridine rings is 1. The second-order valence-corrected chi connectivity index (χ2v) is 9.01. The van der Waals surface area contributed by atoms with Crippen molar-refractivity contribution in [3.05, 3.63) is 114 Å². The van der Waals surface area contributed by atoms with E-state index < -0.39 is 5.97 Å². The van der Waals surface area contributed by atoms with E-state index in [9.17, 15) is 9.59 Å². The molecule has 0 saturated carbocycles. The number of benzene rings is 4. The van der Waals surface area contributed by atoms with Gasteiger partial charge in [-0.1, -0.05) is 84.9 Å². The minimum absolute atomic E-state index is 0.189. The smallest absolute Gasteiger partial charge is 0.339 e. The van der Waals surface area contributed by atoms with Gasteiger partial charge >= 0.3 is 5.97 Å². The predicted octanol–water partition coefficient (Wildman–Crippen LogP) is 5.80. The minimum atomic E-state index is -0.527. The van der Waals surface area contributed by atoms with Gasteiger partial charge in [0, 0.05) is 24.0 Å². The number of hydrogen-bond donors (Lipinski definition) is 0. The third-order valence-electron chi connectivity index (χ3n) is 6.81. The zero-order valence-electron chi connectivity index (χ0n) is 19.7. The Balaban J connectivity index is 1.28. The van der Waals surface area contributed by atoms with Crippen LogP contribution in [0.3, 0.4) is 0 Å². The molecule has 0 atom stereocenters. The molecule has 0 saturated heterocycles. The molecule has 1 aromatic heterocycles. The molecule has 0 spiro atoms. The normalized spacial score (nSPS) is 12.9. The number of hydrogen-bond acceptors (Lipinski definition) is 4. The molecule has 1 amide bonds. The number of carbonyl (C=O) groups is 2. The van der Waals surface area contributed by atoms with E-state index in [1.807, 2.05) is 66.7 Å². The summed E-state index contributed by atoms with van der Waals surface area (Å²) in [6, 6.07) is 31.6. The number of fused-ring (bicyclic) bond motifs is 3. The van der Waals surface area contributed by atoms with Crippen LogP contribution in [0, 0.1) is 0 Å². The highest BCUT2D eigenvalue weighted by Crippen LogP contribution is 2.31. The number of amides is 1. The first-order valence-corrected chi connectivity index (χ1v) is 12.1. The van der Waals surface area contributed by atoms with Crippen LogP contribution in [0.5, 0.6) is 0 Å². The van der Waals surface area contributed by atoms with Crippen LogP contribution in [0.15, 0.2) is 97.1 Å². The first-order chi connectivity index (χ1) is 17.7. The second kappa shape index (κ2) is 9.27. The van der Waals surface area contributed by atoms with Crippen LogP contribution in [-0.2, 0) is 22.5 Å². The third-order valence-corrected chi connectivity index (χ3v) is 6.81. The number of esters is 1. The summed E-state index contributed by atoms with van der Waals surface area (Å²) in [5.41, 5.74) is 5.15. The predicted molar refractivity (Wildman–Crippen MR) is 141 cm³/mol. The van der Waals surface area contributed by atoms with Crippen molar-refractivity contribution >= 4 is 33.6 Å². The van der Waals surface area contributed by atoms with Gasteiger partial charge in [0.2, 0.25) is 0 Å². The first kappa shape index (κ1) is 22.0. The Morgan fingerprint density at radius 3 is 2.42 bits per heavy atom. The molecule has 5 heteroatoms. The first-order valence-electron chi connectivity index (χ1n) is 12.1. The van der Waals surface area contributed by atoms with Crippen molar-refractivity contribution in [1.29, 1.82) is 0 Å². The fraction of sp³-hybridized carbons (Fsp3) is 0.129. The average Bonchev–Trinajstić information content (AvgIpc) is 2.94. The molecular formula is C31H24N2O3.